The van der Waals surface area contributed by atoms with Crippen LogP contribution in [0.3, 0.4) is 0 Å². The average Bonchev–Trinajstić information content (AvgIpc) is 3.33. The van der Waals surface area contributed by atoms with Gasteiger partial charge in [0.2, 0.25) is 0 Å². The molecule has 0 unspecified atom stereocenters. The van der Waals surface area contributed by atoms with Crippen LogP contribution in [0.5, 0.6) is 0 Å². The van der Waals surface area contributed by atoms with E-state index in [1.165, 1.54) is 31.0 Å². The van der Waals surface area contributed by atoms with E-state index in [0.29, 0.717) is 28.1 Å². The number of halogens is 2. The summed E-state index contributed by atoms with van der Waals surface area (Å²) in [6, 6.07) is 11.7. The van der Waals surface area contributed by atoms with Gasteiger partial charge in [-0.05, 0) is 42.5 Å². The standard InChI is InChI=1S/C23H16F2N8O/c24-15-6-7-16(32-23(34)12-3-1-4-13(26)9-12)17(25)19(15)33-21-14(5-2-8-27-21)18-20-22(30-10-28-18)31-11-29-20/h1-11H,26H2,(H,27,33)(H,32,34)(H,28,29,30,31). The Morgan fingerprint density at radius 1 is 1.00 bits per heavy atom. The zero-order valence-corrected chi connectivity index (χ0v) is 17.4. The van der Waals surface area contributed by atoms with Gasteiger partial charge in [-0.15, -0.1) is 0 Å². The maximum absolute atomic E-state index is 15.3. The van der Waals surface area contributed by atoms with Crippen molar-refractivity contribution in [2.45, 2.75) is 0 Å². The number of aromatic nitrogens is 5. The highest BCUT2D eigenvalue weighted by Gasteiger charge is 2.20. The minimum atomic E-state index is -0.999. The lowest BCUT2D eigenvalue weighted by Gasteiger charge is -2.14. The molecule has 11 heteroatoms. The molecule has 0 aliphatic rings. The number of nitrogens with zero attached hydrogens (tertiary/aromatic N) is 4. The van der Waals surface area contributed by atoms with E-state index in [1.54, 1.807) is 24.3 Å². The summed E-state index contributed by atoms with van der Waals surface area (Å²) in [5, 5.41) is 5.14. The van der Waals surface area contributed by atoms with Crippen molar-refractivity contribution in [3.05, 3.63) is 84.6 Å². The molecular weight excluding hydrogens is 442 g/mol. The van der Waals surface area contributed by atoms with Crippen molar-refractivity contribution in [1.82, 2.24) is 24.9 Å². The van der Waals surface area contributed by atoms with E-state index in [1.807, 2.05) is 0 Å². The lowest BCUT2D eigenvalue weighted by molar-refractivity contribution is 0.102. The number of anilines is 4. The van der Waals surface area contributed by atoms with E-state index < -0.39 is 23.2 Å². The number of benzene rings is 2. The quantitative estimate of drug-likeness (QED) is 0.289. The zero-order valence-electron chi connectivity index (χ0n) is 17.4. The van der Waals surface area contributed by atoms with E-state index in [4.69, 9.17) is 5.73 Å². The van der Waals surface area contributed by atoms with Crippen molar-refractivity contribution in [3.63, 3.8) is 0 Å². The Kier molecular flexibility index (Phi) is 5.26. The number of H-pyrrole nitrogens is 1. The first-order valence-electron chi connectivity index (χ1n) is 10.0. The number of hydrogen-bond donors (Lipinski definition) is 4. The van der Waals surface area contributed by atoms with Crippen LogP contribution in [-0.4, -0.2) is 30.8 Å². The third kappa shape index (κ3) is 3.86. The van der Waals surface area contributed by atoms with Crippen LogP contribution in [0.2, 0.25) is 0 Å². The van der Waals surface area contributed by atoms with Gasteiger partial charge in [-0.25, -0.2) is 28.7 Å². The van der Waals surface area contributed by atoms with Gasteiger partial charge in [0.25, 0.3) is 5.91 Å². The van der Waals surface area contributed by atoms with Gasteiger partial charge in [0.05, 0.1) is 12.0 Å². The molecule has 0 fully saturated rings. The van der Waals surface area contributed by atoms with Crippen LogP contribution >= 0.6 is 0 Å². The Morgan fingerprint density at radius 3 is 2.74 bits per heavy atom. The number of carbonyl (C=O) groups excluding carboxylic acids is 1. The van der Waals surface area contributed by atoms with Crippen molar-refractivity contribution < 1.29 is 13.6 Å². The molecule has 1 amide bonds. The summed E-state index contributed by atoms with van der Waals surface area (Å²) < 4.78 is 30.0. The number of nitrogen functional groups attached to an aromatic ring is 1. The van der Waals surface area contributed by atoms with Gasteiger partial charge in [-0.2, -0.15) is 0 Å². The molecule has 168 valence electrons. The van der Waals surface area contributed by atoms with Crippen LogP contribution in [0.15, 0.2) is 67.4 Å². The van der Waals surface area contributed by atoms with Crippen LogP contribution in [0.25, 0.3) is 22.4 Å². The second-order valence-corrected chi connectivity index (χ2v) is 7.21. The number of nitrogens with one attached hydrogen (secondary N) is 3. The normalized spacial score (nSPS) is 10.9. The molecular formula is C23H16F2N8O. The number of pyridine rings is 1. The third-order valence-corrected chi connectivity index (χ3v) is 5.01. The minimum absolute atomic E-state index is 0.141. The summed E-state index contributed by atoms with van der Waals surface area (Å²) >= 11 is 0. The first kappa shape index (κ1) is 20.9. The summed E-state index contributed by atoms with van der Waals surface area (Å²) in [4.78, 5) is 32.2. The summed E-state index contributed by atoms with van der Waals surface area (Å²) in [6.07, 6.45) is 4.29. The van der Waals surface area contributed by atoms with E-state index in [-0.39, 0.29) is 17.1 Å². The molecule has 5 aromatic rings. The Bertz CT molecular complexity index is 1540. The van der Waals surface area contributed by atoms with Gasteiger partial charge in [0.15, 0.2) is 11.5 Å². The lowest BCUT2D eigenvalue weighted by atomic mass is 10.1. The maximum atomic E-state index is 15.3. The van der Waals surface area contributed by atoms with Crippen molar-refractivity contribution >= 4 is 40.0 Å². The number of imidazole rings is 1. The van der Waals surface area contributed by atoms with Gasteiger partial charge >= 0.3 is 0 Å². The number of carbonyl (C=O) groups is 1. The third-order valence-electron chi connectivity index (χ3n) is 5.01. The molecule has 0 radical (unpaired) electrons. The number of nitrogens with two attached hydrogens (primary N) is 1. The van der Waals surface area contributed by atoms with E-state index >= 15 is 4.39 Å². The minimum Gasteiger partial charge on any atom is -0.399 e. The van der Waals surface area contributed by atoms with Crippen LogP contribution in [-0.2, 0) is 0 Å². The molecule has 0 aliphatic heterocycles. The Morgan fingerprint density at radius 2 is 1.88 bits per heavy atom. The average molecular weight is 458 g/mol. The largest absolute Gasteiger partial charge is 0.399 e. The van der Waals surface area contributed by atoms with Crippen molar-refractivity contribution in [1.29, 1.82) is 0 Å². The number of hydrogen-bond acceptors (Lipinski definition) is 7. The highest BCUT2D eigenvalue weighted by Crippen LogP contribution is 2.33. The molecule has 9 nitrogen and oxygen atoms in total. The summed E-state index contributed by atoms with van der Waals surface area (Å²) in [7, 11) is 0. The maximum Gasteiger partial charge on any atom is 0.255 e. The second-order valence-electron chi connectivity index (χ2n) is 7.21. The monoisotopic (exact) mass is 458 g/mol. The fourth-order valence-electron chi connectivity index (χ4n) is 3.41. The zero-order chi connectivity index (χ0) is 23.7. The molecule has 0 aliphatic carbocycles. The lowest BCUT2D eigenvalue weighted by Crippen LogP contribution is -2.14. The van der Waals surface area contributed by atoms with Gasteiger partial charge in [-0.3, -0.25) is 4.79 Å². The molecule has 0 atom stereocenters. The predicted octanol–water partition coefficient (Wildman–Crippen LogP) is 4.27. The molecule has 5 rings (SSSR count). The van der Waals surface area contributed by atoms with E-state index in [2.05, 4.69) is 35.6 Å². The fourth-order valence-corrected chi connectivity index (χ4v) is 3.41. The number of amides is 1. The first-order chi connectivity index (χ1) is 16.5. The molecule has 3 heterocycles. The molecule has 0 bridgehead atoms. The molecule has 0 spiro atoms. The van der Waals surface area contributed by atoms with E-state index in [0.717, 1.165) is 12.1 Å². The van der Waals surface area contributed by atoms with Crippen molar-refractivity contribution in [2.24, 2.45) is 0 Å². The van der Waals surface area contributed by atoms with Crippen LogP contribution < -0.4 is 16.4 Å². The molecule has 2 aromatic carbocycles. The van der Waals surface area contributed by atoms with Crippen LogP contribution in [0.1, 0.15) is 10.4 Å². The van der Waals surface area contributed by atoms with Gasteiger partial charge < -0.3 is 21.4 Å². The molecule has 0 saturated carbocycles. The Labute approximate surface area is 191 Å². The smallest absolute Gasteiger partial charge is 0.255 e. The second kappa shape index (κ2) is 8.54. The highest BCUT2D eigenvalue weighted by atomic mass is 19.1. The highest BCUT2D eigenvalue weighted by molar-refractivity contribution is 6.05. The summed E-state index contributed by atoms with van der Waals surface area (Å²) in [5.41, 5.74) is 7.47. The van der Waals surface area contributed by atoms with E-state index in [9.17, 15) is 9.18 Å². The first-order valence-corrected chi connectivity index (χ1v) is 10.0. The molecule has 34 heavy (non-hydrogen) atoms. The summed E-state index contributed by atoms with van der Waals surface area (Å²) in [5.74, 6) is -2.32. The molecule has 0 saturated heterocycles. The number of rotatable bonds is 5. The Hall–Kier alpha value is -4.93. The SMILES string of the molecule is Nc1cccc(C(=O)Nc2ccc(F)c(Nc3ncccc3-c3ncnc4[nH]cnc34)c2F)c1. The summed E-state index contributed by atoms with van der Waals surface area (Å²) in [6.45, 7) is 0. The van der Waals surface area contributed by atoms with Crippen LogP contribution in [0, 0.1) is 11.6 Å². The fraction of sp³-hybridized carbons (Fsp3) is 0. The van der Waals surface area contributed by atoms with Crippen LogP contribution in [0.4, 0.5) is 31.7 Å². The van der Waals surface area contributed by atoms with Crippen molar-refractivity contribution in [3.8, 4) is 11.3 Å². The Balaban J connectivity index is 1.51. The molecule has 5 N–H and O–H groups in total. The van der Waals surface area contributed by atoms with Gasteiger partial charge in [0, 0.05) is 23.0 Å². The van der Waals surface area contributed by atoms with Gasteiger partial charge in [0.1, 0.15) is 34.9 Å². The van der Waals surface area contributed by atoms with Gasteiger partial charge in [-0.1, -0.05) is 6.07 Å². The number of aromatic amines is 1. The number of fused-ring (bicyclic) bond motifs is 1. The molecule has 3 aromatic heterocycles. The topological polar surface area (TPSA) is 134 Å². The predicted molar refractivity (Wildman–Crippen MR) is 123 cm³/mol. The van der Waals surface area contributed by atoms with Crippen molar-refractivity contribution in [2.75, 3.05) is 16.4 Å².